The third-order valence-corrected chi connectivity index (χ3v) is 3.96. The molecule has 0 saturated heterocycles. The SMILES string of the molecule is Cc1nc2nc(C(F)(F)F)nn2c(C)c1CCC(=O)N(C)CC(C)C. The highest BCUT2D eigenvalue weighted by atomic mass is 19.4. The summed E-state index contributed by atoms with van der Waals surface area (Å²) in [5.74, 6) is -0.949. The first-order valence-corrected chi connectivity index (χ1v) is 8.04. The lowest BCUT2D eigenvalue weighted by Gasteiger charge is -2.19. The summed E-state index contributed by atoms with van der Waals surface area (Å²) in [5, 5.41) is 3.51. The molecular weight excluding hydrogens is 335 g/mol. The minimum atomic E-state index is -4.62. The van der Waals surface area contributed by atoms with E-state index in [2.05, 4.69) is 15.1 Å². The van der Waals surface area contributed by atoms with Crippen molar-refractivity contribution in [2.45, 2.75) is 46.7 Å². The lowest BCUT2D eigenvalue weighted by atomic mass is 10.1. The van der Waals surface area contributed by atoms with Crippen molar-refractivity contribution in [3.05, 3.63) is 22.8 Å². The van der Waals surface area contributed by atoms with Gasteiger partial charge in [0.1, 0.15) is 0 Å². The minimum Gasteiger partial charge on any atom is -0.345 e. The van der Waals surface area contributed by atoms with Crippen molar-refractivity contribution in [3.63, 3.8) is 0 Å². The Balaban J connectivity index is 2.25. The number of halogens is 3. The lowest BCUT2D eigenvalue weighted by Crippen LogP contribution is -2.30. The molecule has 0 radical (unpaired) electrons. The van der Waals surface area contributed by atoms with Gasteiger partial charge >= 0.3 is 6.18 Å². The van der Waals surface area contributed by atoms with Crippen molar-refractivity contribution in [2.24, 2.45) is 5.92 Å². The van der Waals surface area contributed by atoms with Gasteiger partial charge in [0.2, 0.25) is 5.91 Å². The molecule has 0 spiro atoms. The molecule has 9 heteroatoms. The quantitative estimate of drug-likeness (QED) is 0.825. The lowest BCUT2D eigenvalue weighted by molar-refractivity contribution is -0.144. The van der Waals surface area contributed by atoms with E-state index in [1.165, 1.54) is 0 Å². The van der Waals surface area contributed by atoms with E-state index in [1.54, 1.807) is 25.8 Å². The van der Waals surface area contributed by atoms with Crippen LogP contribution >= 0.6 is 0 Å². The summed E-state index contributed by atoms with van der Waals surface area (Å²) in [6.45, 7) is 8.07. The zero-order valence-electron chi connectivity index (χ0n) is 15.0. The first-order valence-electron chi connectivity index (χ1n) is 8.04. The predicted molar refractivity (Wildman–Crippen MR) is 86.1 cm³/mol. The van der Waals surface area contributed by atoms with Crippen LogP contribution in [0.1, 0.15) is 43.0 Å². The fourth-order valence-electron chi connectivity index (χ4n) is 2.76. The van der Waals surface area contributed by atoms with Gasteiger partial charge in [-0.15, -0.1) is 5.10 Å². The van der Waals surface area contributed by atoms with Crippen LogP contribution in [0.2, 0.25) is 0 Å². The summed E-state index contributed by atoms with van der Waals surface area (Å²) in [6, 6.07) is 0. The number of fused-ring (bicyclic) bond motifs is 1. The molecule has 0 aliphatic heterocycles. The molecule has 2 aromatic heterocycles. The maximum Gasteiger partial charge on any atom is 0.453 e. The second kappa shape index (κ2) is 6.97. The minimum absolute atomic E-state index is 0.0119. The van der Waals surface area contributed by atoms with Gasteiger partial charge in [0.25, 0.3) is 11.6 Å². The van der Waals surface area contributed by atoms with Gasteiger partial charge in [-0.1, -0.05) is 13.8 Å². The van der Waals surface area contributed by atoms with E-state index in [0.29, 0.717) is 30.3 Å². The van der Waals surface area contributed by atoms with E-state index in [9.17, 15) is 18.0 Å². The number of alkyl halides is 3. The van der Waals surface area contributed by atoms with E-state index < -0.39 is 12.0 Å². The number of hydrogen-bond donors (Lipinski definition) is 0. The number of rotatable bonds is 5. The van der Waals surface area contributed by atoms with Crippen LogP contribution in [0.3, 0.4) is 0 Å². The summed E-state index contributed by atoms with van der Waals surface area (Å²) in [7, 11) is 1.75. The summed E-state index contributed by atoms with van der Waals surface area (Å²) in [5.41, 5.74) is 1.80. The molecule has 0 atom stereocenters. The molecule has 0 fully saturated rings. The molecule has 1 amide bonds. The molecule has 0 aromatic carbocycles. The number of nitrogens with zero attached hydrogens (tertiary/aromatic N) is 5. The third kappa shape index (κ3) is 4.26. The van der Waals surface area contributed by atoms with Gasteiger partial charge < -0.3 is 4.90 Å². The molecule has 0 aliphatic rings. The standard InChI is InChI=1S/C16H22F3N5O/c1-9(2)8-23(5)13(25)7-6-12-10(3)20-15-21-14(16(17,18)19)22-24(15)11(12)4/h9H,6-8H2,1-5H3. The predicted octanol–water partition coefficient (Wildman–Crippen LogP) is 2.81. The van der Waals surface area contributed by atoms with Crippen LogP contribution in [0.5, 0.6) is 0 Å². The molecular formula is C16H22F3N5O. The van der Waals surface area contributed by atoms with E-state index in [0.717, 1.165) is 10.1 Å². The van der Waals surface area contributed by atoms with Gasteiger partial charge in [-0.3, -0.25) is 4.79 Å². The van der Waals surface area contributed by atoms with Crippen LogP contribution in [0, 0.1) is 19.8 Å². The second-order valence-electron chi connectivity index (χ2n) is 6.57. The number of aryl methyl sites for hydroxylation is 2. The van der Waals surface area contributed by atoms with Crippen LogP contribution in [0.15, 0.2) is 0 Å². The van der Waals surface area contributed by atoms with E-state index >= 15 is 0 Å². The smallest absolute Gasteiger partial charge is 0.345 e. The molecule has 0 aliphatic carbocycles. The zero-order chi connectivity index (χ0) is 18.9. The third-order valence-electron chi connectivity index (χ3n) is 3.96. The van der Waals surface area contributed by atoms with Crippen molar-refractivity contribution in [1.29, 1.82) is 0 Å². The first kappa shape index (κ1) is 19.1. The van der Waals surface area contributed by atoms with Crippen LogP contribution in [0.4, 0.5) is 13.2 Å². The van der Waals surface area contributed by atoms with Gasteiger partial charge in [-0.25, -0.2) is 9.50 Å². The Labute approximate surface area is 144 Å². The molecule has 0 unspecified atom stereocenters. The number of carbonyl (C=O) groups is 1. The Morgan fingerprint density at radius 2 is 1.88 bits per heavy atom. The topological polar surface area (TPSA) is 63.4 Å². The van der Waals surface area contributed by atoms with E-state index in [-0.39, 0.29) is 18.1 Å². The van der Waals surface area contributed by atoms with Crippen LogP contribution in [-0.4, -0.2) is 44.0 Å². The fraction of sp³-hybridized carbons (Fsp3) is 0.625. The largest absolute Gasteiger partial charge is 0.453 e. The Kier molecular flexibility index (Phi) is 5.34. The molecule has 2 rings (SSSR count). The highest BCUT2D eigenvalue weighted by Crippen LogP contribution is 2.27. The Hall–Kier alpha value is -2.19. The summed E-state index contributed by atoms with van der Waals surface area (Å²) >= 11 is 0. The Morgan fingerprint density at radius 3 is 2.44 bits per heavy atom. The highest BCUT2D eigenvalue weighted by molar-refractivity contribution is 5.76. The fourth-order valence-corrected chi connectivity index (χ4v) is 2.76. The van der Waals surface area contributed by atoms with Gasteiger partial charge in [0.15, 0.2) is 0 Å². The molecule has 2 aromatic rings. The maximum atomic E-state index is 12.8. The van der Waals surface area contributed by atoms with Crippen molar-refractivity contribution in [1.82, 2.24) is 24.5 Å². The molecule has 6 nitrogen and oxygen atoms in total. The molecule has 0 saturated carbocycles. The molecule has 138 valence electrons. The molecule has 25 heavy (non-hydrogen) atoms. The monoisotopic (exact) mass is 357 g/mol. The van der Waals surface area contributed by atoms with Gasteiger partial charge in [-0.2, -0.15) is 18.2 Å². The molecule has 0 bridgehead atoms. The van der Waals surface area contributed by atoms with Crippen LogP contribution in [0.25, 0.3) is 5.78 Å². The van der Waals surface area contributed by atoms with Crippen molar-refractivity contribution in [2.75, 3.05) is 13.6 Å². The number of carbonyl (C=O) groups excluding carboxylic acids is 1. The van der Waals surface area contributed by atoms with Crippen molar-refractivity contribution in [3.8, 4) is 0 Å². The second-order valence-corrected chi connectivity index (χ2v) is 6.57. The van der Waals surface area contributed by atoms with E-state index in [4.69, 9.17) is 0 Å². The summed E-state index contributed by atoms with van der Waals surface area (Å²) in [4.78, 5) is 21.4. The van der Waals surface area contributed by atoms with Crippen LogP contribution < -0.4 is 0 Å². The average molecular weight is 357 g/mol. The Morgan fingerprint density at radius 1 is 1.24 bits per heavy atom. The van der Waals surface area contributed by atoms with Gasteiger partial charge in [0.05, 0.1) is 0 Å². The zero-order valence-corrected chi connectivity index (χ0v) is 15.0. The number of aromatic nitrogens is 4. The molecule has 2 heterocycles. The summed E-state index contributed by atoms with van der Waals surface area (Å²) < 4.78 is 39.5. The molecule has 0 N–H and O–H groups in total. The maximum absolute atomic E-state index is 12.8. The summed E-state index contributed by atoms with van der Waals surface area (Å²) in [6.07, 6.45) is -3.97. The normalized spacial score (nSPS) is 12.2. The van der Waals surface area contributed by atoms with Gasteiger partial charge in [0, 0.05) is 31.4 Å². The Bertz CT molecular complexity index is 782. The van der Waals surface area contributed by atoms with Crippen molar-refractivity contribution < 1.29 is 18.0 Å². The van der Waals surface area contributed by atoms with Crippen LogP contribution in [-0.2, 0) is 17.4 Å². The van der Waals surface area contributed by atoms with Gasteiger partial charge in [-0.05, 0) is 31.7 Å². The van der Waals surface area contributed by atoms with E-state index in [1.807, 2.05) is 13.8 Å². The number of amides is 1. The highest BCUT2D eigenvalue weighted by Gasteiger charge is 2.36. The number of hydrogen-bond acceptors (Lipinski definition) is 4. The van der Waals surface area contributed by atoms with Crippen molar-refractivity contribution >= 4 is 11.7 Å². The first-order chi connectivity index (χ1) is 11.5. The average Bonchev–Trinajstić information content (AvgIpc) is 2.90.